The Morgan fingerprint density at radius 2 is 1.06 bits per heavy atom. The van der Waals surface area contributed by atoms with E-state index >= 15 is 0 Å². The van der Waals surface area contributed by atoms with Crippen LogP contribution in [-0.2, 0) is 28.7 Å². The lowest BCUT2D eigenvalue weighted by Crippen LogP contribution is -2.33. The molecule has 0 unspecified atom stereocenters. The Hall–Kier alpha value is -6.23. The predicted octanol–water partition coefficient (Wildman–Crippen LogP) is 7.02. The third kappa shape index (κ3) is 13.3. The number of carbonyl (C=O) groups excluding carboxylic acids is 5. The second kappa shape index (κ2) is 18.5. The van der Waals surface area contributed by atoms with E-state index in [2.05, 4.69) is 19.7 Å². The van der Waals surface area contributed by atoms with Gasteiger partial charge in [-0.25, -0.2) is 24.0 Å². The van der Waals surface area contributed by atoms with Gasteiger partial charge in [-0.15, -0.1) is 0 Å². The largest absolute Gasteiger partial charge is 0.494 e. The minimum Gasteiger partial charge on any atom is -0.494 e. The molecule has 0 aliphatic carbocycles. The molecule has 0 radical (unpaired) electrons. The van der Waals surface area contributed by atoms with Crippen LogP contribution in [0, 0.1) is 5.41 Å². The van der Waals surface area contributed by atoms with Gasteiger partial charge in [-0.05, 0) is 99.5 Å². The first-order chi connectivity index (χ1) is 24.1. The van der Waals surface area contributed by atoms with Gasteiger partial charge < -0.3 is 28.4 Å². The van der Waals surface area contributed by atoms with Crippen LogP contribution in [0.1, 0.15) is 50.0 Å². The molecule has 0 saturated carbocycles. The maximum absolute atomic E-state index is 12.5. The first-order valence-electron chi connectivity index (χ1n) is 15.7. The second-order valence-corrected chi connectivity index (χ2v) is 12.0. The van der Waals surface area contributed by atoms with Crippen LogP contribution in [0.5, 0.6) is 23.0 Å². The summed E-state index contributed by atoms with van der Waals surface area (Å²) in [4.78, 5) is 60.4. The molecular formula is C40H40O11. The van der Waals surface area contributed by atoms with Crippen LogP contribution in [0.25, 0.3) is 6.08 Å². The number of ether oxygens (including phenoxy) is 6. The van der Waals surface area contributed by atoms with E-state index in [1.165, 1.54) is 61.5 Å². The van der Waals surface area contributed by atoms with Crippen molar-refractivity contribution in [1.82, 2.24) is 0 Å². The zero-order chi connectivity index (χ0) is 37.6. The van der Waals surface area contributed by atoms with Crippen molar-refractivity contribution in [1.29, 1.82) is 0 Å². The van der Waals surface area contributed by atoms with E-state index in [4.69, 9.17) is 28.4 Å². The summed E-state index contributed by atoms with van der Waals surface area (Å²) < 4.78 is 32.3. The Balaban J connectivity index is 1.47. The highest BCUT2D eigenvalue weighted by molar-refractivity contribution is 5.92. The average molecular weight is 697 g/mol. The van der Waals surface area contributed by atoms with Crippen LogP contribution < -0.4 is 18.9 Å². The predicted molar refractivity (Wildman–Crippen MR) is 189 cm³/mol. The van der Waals surface area contributed by atoms with Gasteiger partial charge in [-0.3, -0.25) is 0 Å². The molecule has 0 heterocycles. The van der Waals surface area contributed by atoms with Gasteiger partial charge in [0.2, 0.25) is 0 Å². The Kier molecular flexibility index (Phi) is 14.2. The van der Waals surface area contributed by atoms with Crippen LogP contribution in [0.2, 0.25) is 0 Å². The summed E-state index contributed by atoms with van der Waals surface area (Å²) in [6, 6.07) is 18.8. The minimum atomic E-state index is -0.720. The van der Waals surface area contributed by atoms with Crippen molar-refractivity contribution in [3.05, 3.63) is 126 Å². The van der Waals surface area contributed by atoms with Gasteiger partial charge in [0, 0.05) is 28.2 Å². The number of carbonyl (C=O) groups is 5. The Labute approximate surface area is 296 Å². The van der Waals surface area contributed by atoms with Crippen LogP contribution in [0.3, 0.4) is 0 Å². The summed E-state index contributed by atoms with van der Waals surface area (Å²) in [6.45, 7) is 17.4. The Morgan fingerprint density at radius 1 is 0.608 bits per heavy atom. The van der Waals surface area contributed by atoms with Crippen molar-refractivity contribution < 1.29 is 52.4 Å². The van der Waals surface area contributed by atoms with Crippen molar-refractivity contribution >= 4 is 35.9 Å². The molecule has 11 nitrogen and oxygen atoms in total. The van der Waals surface area contributed by atoms with Gasteiger partial charge in [-0.2, -0.15) is 0 Å². The van der Waals surface area contributed by atoms with Crippen LogP contribution >= 0.6 is 0 Å². The summed E-state index contributed by atoms with van der Waals surface area (Å²) in [5, 5.41) is 0. The van der Waals surface area contributed by atoms with E-state index in [1.807, 2.05) is 6.92 Å². The third-order valence-corrected chi connectivity index (χ3v) is 6.97. The summed E-state index contributed by atoms with van der Waals surface area (Å²) in [6.07, 6.45) is 3.25. The fourth-order valence-corrected chi connectivity index (χ4v) is 3.91. The van der Waals surface area contributed by atoms with Gasteiger partial charge in [0.05, 0.1) is 12.2 Å². The van der Waals surface area contributed by atoms with Crippen molar-refractivity contribution in [3.63, 3.8) is 0 Å². The SMILES string of the molecule is C=C(C)C(=O)OCC(C)(CCOc1ccc(/C=C/C(=O)Oc2ccc(OC(=O)c3ccc(OC(=O)C(=C)C)cc3)cc2)cc1)COC(=O)C(=C)C. The monoisotopic (exact) mass is 696 g/mol. The topological polar surface area (TPSA) is 141 Å². The Bertz CT molecular complexity index is 1770. The molecule has 0 aliphatic rings. The molecule has 0 bridgehead atoms. The zero-order valence-electron chi connectivity index (χ0n) is 29.0. The first-order valence-corrected chi connectivity index (χ1v) is 15.7. The standard InChI is InChI=1S/C40H40O11/c1-26(2)36(42)47-24-40(7,25-48-37(43)27(3)4)22-23-46-31-13-8-29(9-14-31)10-21-35(41)49-32-17-19-34(20-18-32)51-39(45)30-11-15-33(16-12-30)50-38(44)28(5)6/h8-21H,1,3,5,22-25H2,2,4,6-7H3/b21-10+. The fraction of sp³-hybridized carbons (Fsp3) is 0.225. The van der Waals surface area contributed by atoms with E-state index in [0.717, 1.165) is 0 Å². The number of benzene rings is 3. The van der Waals surface area contributed by atoms with Gasteiger partial charge in [0.15, 0.2) is 0 Å². The molecule has 0 atom stereocenters. The lowest BCUT2D eigenvalue weighted by molar-refractivity contribution is -0.149. The van der Waals surface area contributed by atoms with Gasteiger partial charge in [0.25, 0.3) is 0 Å². The van der Waals surface area contributed by atoms with Crippen LogP contribution in [-0.4, -0.2) is 49.7 Å². The molecule has 3 aromatic carbocycles. The van der Waals surface area contributed by atoms with E-state index < -0.39 is 35.3 Å². The fourth-order valence-electron chi connectivity index (χ4n) is 3.91. The van der Waals surface area contributed by atoms with Gasteiger partial charge >= 0.3 is 29.8 Å². The number of rotatable bonds is 17. The minimum absolute atomic E-state index is 0.00311. The van der Waals surface area contributed by atoms with Crippen molar-refractivity contribution in [2.45, 2.75) is 34.1 Å². The molecule has 0 aliphatic heterocycles. The summed E-state index contributed by atoms with van der Waals surface area (Å²) in [5.74, 6) is -1.58. The van der Waals surface area contributed by atoms with E-state index in [9.17, 15) is 24.0 Å². The van der Waals surface area contributed by atoms with Crippen molar-refractivity contribution in [2.75, 3.05) is 19.8 Å². The maximum atomic E-state index is 12.5. The zero-order valence-corrected chi connectivity index (χ0v) is 29.0. The summed E-state index contributed by atoms with van der Waals surface area (Å²) in [7, 11) is 0. The van der Waals surface area contributed by atoms with E-state index in [0.29, 0.717) is 17.7 Å². The normalized spacial score (nSPS) is 10.8. The molecule has 0 amide bonds. The molecule has 3 rings (SSSR count). The smallest absolute Gasteiger partial charge is 0.343 e. The highest BCUT2D eigenvalue weighted by atomic mass is 16.6. The number of hydrogen-bond acceptors (Lipinski definition) is 11. The highest BCUT2D eigenvalue weighted by Crippen LogP contribution is 2.25. The highest BCUT2D eigenvalue weighted by Gasteiger charge is 2.29. The van der Waals surface area contributed by atoms with Crippen molar-refractivity contribution in [3.8, 4) is 23.0 Å². The quantitative estimate of drug-likeness (QED) is 0.0817. The van der Waals surface area contributed by atoms with Gasteiger partial charge in [-0.1, -0.05) is 38.8 Å². The molecule has 0 spiro atoms. The summed E-state index contributed by atoms with van der Waals surface area (Å²) >= 11 is 0. The molecule has 266 valence electrons. The molecule has 0 saturated heterocycles. The second-order valence-electron chi connectivity index (χ2n) is 12.0. The van der Waals surface area contributed by atoms with E-state index in [1.54, 1.807) is 44.2 Å². The molecule has 51 heavy (non-hydrogen) atoms. The summed E-state index contributed by atoms with van der Waals surface area (Å²) in [5.41, 5.74) is 1.01. The molecule has 3 aromatic rings. The Morgan fingerprint density at radius 3 is 1.57 bits per heavy atom. The molecule has 0 N–H and O–H groups in total. The van der Waals surface area contributed by atoms with Crippen molar-refractivity contribution in [2.24, 2.45) is 5.41 Å². The van der Waals surface area contributed by atoms with Gasteiger partial charge in [0.1, 0.15) is 36.2 Å². The maximum Gasteiger partial charge on any atom is 0.343 e. The molecule has 0 fully saturated rings. The third-order valence-electron chi connectivity index (χ3n) is 6.97. The number of hydrogen-bond donors (Lipinski definition) is 0. The molecule has 0 aromatic heterocycles. The van der Waals surface area contributed by atoms with Crippen LogP contribution in [0.15, 0.2) is 115 Å². The van der Waals surface area contributed by atoms with Crippen LogP contribution in [0.4, 0.5) is 0 Å². The van der Waals surface area contributed by atoms with E-state index in [-0.39, 0.29) is 59.4 Å². The lowest BCUT2D eigenvalue weighted by atomic mass is 9.89. The first kappa shape index (κ1) is 39.2. The molecular weight excluding hydrogens is 656 g/mol. The number of esters is 5. The average Bonchev–Trinajstić information content (AvgIpc) is 3.10. The lowest BCUT2D eigenvalue weighted by Gasteiger charge is -2.28. The molecule has 11 heteroatoms.